The summed E-state index contributed by atoms with van der Waals surface area (Å²) in [6.45, 7) is -0.526. The second-order valence-corrected chi connectivity index (χ2v) is 6.58. The Morgan fingerprint density at radius 2 is 1.86 bits per heavy atom. The zero-order valence-electron chi connectivity index (χ0n) is 11.7. The van der Waals surface area contributed by atoms with Crippen molar-refractivity contribution in [3.05, 3.63) is 28.7 Å². The van der Waals surface area contributed by atoms with E-state index in [1.807, 2.05) is 0 Å². The van der Waals surface area contributed by atoms with Crippen LogP contribution < -0.4 is 5.59 Å². The molecule has 0 saturated heterocycles. The van der Waals surface area contributed by atoms with E-state index >= 15 is 0 Å². The highest BCUT2D eigenvalue weighted by Crippen LogP contribution is 2.24. The molecular formula is C13H13BBrF3NO2-. The molecule has 2 rings (SSSR count). The third-order valence-electron chi connectivity index (χ3n) is 2.70. The lowest BCUT2D eigenvalue weighted by Crippen LogP contribution is -2.43. The molecule has 21 heavy (non-hydrogen) atoms. The molecule has 0 aliphatic carbocycles. The van der Waals surface area contributed by atoms with Crippen LogP contribution in [0.5, 0.6) is 0 Å². The van der Waals surface area contributed by atoms with E-state index in [-0.39, 0.29) is 5.52 Å². The van der Waals surface area contributed by atoms with Crippen LogP contribution in [-0.2, 0) is 4.74 Å². The maximum Gasteiger partial charge on any atom is 0.526 e. The highest BCUT2D eigenvalue weighted by molar-refractivity contribution is 9.10. The van der Waals surface area contributed by atoms with Crippen LogP contribution in [0.4, 0.5) is 17.7 Å². The minimum absolute atomic E-state index is 0.168. The molecular weight excluding hydrogens is 350 g/mol. The van der Waals surface area contributed by atoms with Gasteiger partial charge in [0.1, 0.15) is 5.60 Å². The van der Waals surface area contributed by atoms with Crippen molar-refractivity contribution in [2.24, 2.45) is 0 Å². The van der Waals surface area contributed by atoms with Crippen LogP contribution in [0.25, 0.3) is 10.9 Å². The predicted octanol–water partition coefficient (Wildman–Crippen LogP) is 4.24. The summed E-state index contributed by atoms with van der Waals surface area (Å²) in [5, 5.41) is 0.324. The first-order chi connectivity index (χ1) is 9.49. The summed E-state index contributed by atoms with van der Waals surface area (Å²) < 4.78 is 45.9. The van der Waals surface area contributed by atoms with Crippen LogP contribution in [0.3, 0.4) is 0 Å². The van der Waals surface area contributed by atoms with Crippen LogP contribution >= 0.6 is 15.9 Å². The lowest BCUT2D eigenvalue weighted by molar-refractivity contribution is 0.0547. The molecule has 1 heterocycles. The molecule has 2 aromatic rings. The minimum Gasteiger partial charge on any atom is -0.444 e. The first-order valence-corrected chi connectivity index (χ1v) is 7.02. The summed E-state index contributed by atoms with van der Waals surface area (Å²) in [5.41, 5.74) is -1.70. The molecule has 0 spiro atoms. The van der Waals surface area contributed by atoms with E-state index in [2.05, 4.69) is 15.9 Å². The monoisotopic (exact) mass is 362 g/mol. The fraction of sp³-hybridized carbons (Fsp3) is 0.308. The molecule has 0 saturated carbocycles. The molecule has 0 amide bonds. The number of aromatic nitrogens is 1. The van der Waals surface area contributed by atoms with Gasteiger partial charge in [-0.05, 0) is 49.9 Å². The van der Waals surface area contributed by atoms with E-state index in [0.29, 0.717) is 14.4 Å². The Morgan fingerprint density at radius 3 is 2.38 bits per heavy atom. The normalized spacial score (nSPS) is 12.7. The zero-order chi connectivity index (χ0) is 16.0. The van der Waals surface area contributed by atoms with Gasteiger partial charge in [-0.2, -0.15) is 0 Å². The molecule has 0 unspecified atom stereocenters. The summed E-state index contributed by atoms with van der Waals surface area (Å²) in [5.74, 6) is 0. The first kappa shape index (κ1) is 15.9. The average Bonchev–Trinajstić information content (AvgIpc) is 2.64. The third-order valence-corrected chi connectivity index (χ3v) is 3.20. The van der Waals surface area contributed by atoms with Gasteiger partial charge >= 0.3 is 13.1 Å². The van der Waals surface area contributed by atoms with Crippen LogP contribution in [0.15, 0.2) is 28.7 Å². The molecule has 114 valence electrons. The van der Waals surface area contributed by atoms with E-state index in [1.165, 1.54) is 12.1 Å². The number of halogens is 4. The lowest BCUT2D eigenvalue weighted by Gasteiger charge is -2.23. The van der Waals surface area contributed by atoms with E-state index in [4.69, 9.17) is 4.74 Å². The summed E-state index contributed by atoms with van der Waals surface area (Å²) in [6.07, 6.45) is -1.03. The molecule has 0 aliphatic heterocycles. The van der Waals surface area contributed by atoms with Gasteiger partial charge in [0.15, 0.2) is 0 Å². The maximum atomic E-state index is 13.2. The van der Waals surface area contributed by atoms with Gasteiger partial charge in [0.05, 0.1) is 5.52 Å². The maximum absolute atomic E-state index is 13.2. The van der Waals surface area contributed by atoms with Gasteiger partial charge in [-0.3, -0.25) is 4.57 Å². The van der Waals surface area contributed by atoms with Gasteiger partial charge in [0.2, 0.25) is 0 Å². The first-order valence-electron chi connectivity index (χ1n) is 6.23. The standard InChI is InChI=1S/C13H13BBrF3NO2/c1-13(2,3)21-12(20)19-10-5-4-9(15)6-8(10)7-11(19)14(16,17)18/h4-7H,1-3H3/q-1. The zero-order valence-corrected chi connectivity index (χ0v) is 13.2. The number of ether oxygens (including phenoxy) is 1. The molecule has 0 atom stereocenters. The third kappa shape index (κ3) is 3.43. The molecule has 8 heteroatoms. The average molecular weight is 363 g/mol. The molecule has 0 aliphatic rings. The Bertz CT molecular complexity index is 704. The minimum atomic E-state index is -5.33. The smallest absolute Gasteiger partial charge is 0.444 e. The van der Waals surface area contributed by atoms with E-state index < -0.39 is 24.3 Å². The summed E-state index contributed by atoms with van der Waals surface area (Å²) in [6, 6.07) is 5.52. The van der Waals surface area contributed by atoms with Crippen molar-refractivity contribution >= 4 is 45.5 Å². The van der Waals surface area contributed by atoms with Crippen LogP contribution in [0, 0.1) is 0 Å². The lowest BCUT2D eigenvalue weighted by atomic mass is 9.86. The van der Waals surface area contributed by atoms with Crippen molar-refractivity contribution in [2.75, 3.05) is 0 Å². The van der Waals surface area contributed by atoms with Crippen molar-refractivity contribution in [1.29, 1.82) is 0 Å². The van der Waals surface area contributed by atoms with Gasteiger partial charge in [-0.25, -0.2) is 4.79 Å². The number of hydrogen-bond acceptors (Lipinski definition) is 2. The summed E-state index contributed by atoms with van der Waals surface area (Å²) in [7, 11) is 0. The fourth-order valence-corrected chi connectivity index (χ4v) is 2.34. The molecule has 1 aromatic carbocycles. The number of benzene rings is 1. The predicted molar refractivity (Wildman–Crippen MR) is 80.0 cm³/mol. The number of rotatable bonds is 1. The Hall–Kier alpha value is -1.44. The second-order valence-electron chi connectivity index (χ2n) is 5.66. The van der Waals surface area contributed by atoms with E-state index in [9.17, 15) is 17.7 Å². The number of hydrogen-bond donors (Lipinski definition) is 0. The molecule has 0 radical (unpaired) electrons. The fourth-order valence-electron chi connectivity index (χ4n) is 1.96. The van der Waals surface area contributed by atoms with Crippen molar-refractivity contribution in [1.82, 2.24) is 4.57 Å². The van der Waals surface area contributed by atoms with Gasteiger partial charge in [-0.15, -0.1) is 0 Å². The van der Waals surface area contributed by atoms with Crippen LogP contribution in [-0.4, -0.2) is 23.2 Å². The van der Waals surface area contributed by atoms with Crippen LogP contribution in [0.1, 0.15) is 20.8 Å². The number of nitrogens with zero attached hydrogens (tertiary/aromatic N) is 1. The Labute approximate surface area is 128 Å². The Balaban J connectivity index is 2.66. The van der Waals surface area contributed by atoms with Crippen molar-refractivity contribution in [2.45, 2.75) is 26.4 Å². The Kier molecular flexibility index (Phi) is 3.86. The van der Waals surface area contributed by atoms with E-state index in [0.717, 1.165) is 6.07 Å². The number of fused-ring (bicyclic) bond motifs is 1. The molecule has 1 aromatic heterocycles. The number of carbonyl (C=O) groups is 1. The SMILES string of the molecule is CC(C)(C)OC(=O)n1c([B-](F)(F)F)cc2cc(Br)ccc21. The van der Waals surface area contributed by atoms with Crippen LogP contribution in [0.2, 0.25) is 0 Å². The topological polar surface area (TPSA) is 31.2 Å². The van der Waals surface area contributed by atoms with Gasteiger partial charge in [0.25, 0.3) is 0 Å². The van der Waals surface area contributed by atoms with Crippen molar-refractivity contribution < 1.29 is 22.5 Å². The molecule has 3 nitrogen and oxygen atoms in total. The van der Waals surface area contributed by atoms with Gasteiger partial charge in [-0.1, -0.05) is 22.0 Å². The van der Waals surface area contributed by atoms with Gasteiger partial charge in [0, 0.05) is 4.47 Å². The highest BCUT2D eigenvalue weighted by Gasteiger charge is 2.34. The highest BCUT2D eigenvalue weighted by atomic mass is 79.9. The molecule has 0 N–H and O–H groups in total. The van der Waals surface area contributed by atoms with Crippen molar-refractivity contribution in [3.8, 4) is 0 Å². The van der Waals surface area contributed by atoms with Crippen molar-refractivity contribution in [3.63, 3.8) is 0 Å². The summed E-state index contributed by atoms with van der Waals surface area (Å²) in [4.78, 5) is 12.1. The number of carbonyl (C=O) groups excluding carboxylic acids is 1. The Morgan fingerprint density at radius 1 is 1.24 bits per heavy atom. The molecule has 0 bridgehead atoms. The van der Waals surface area contributed by atoms with Gasteiger partial charge < -0.3 is 17.7 Å². The summed E-state index contributed by atoms with van der Waals surface area (Å²) >= 11 is 3.20. The quantitative estimate of drug-likeness (QED) is 0.710. The van der Waals surface area contributed by atoms with E-state index in [1.54, 1.807) is 26.8 Å². The largest absolute Gasteiger partial charge is 0.526 e. The molecule has 0 fully saturated rings. The second kappa shape index (κ2) is 5.08.